The van der Waals surface area contributed by atoms with E-state index in [1.54, 1.807) is 4.90 Å². The fourth-order valence-electron chi connectivity index (χ4n) is 3.08. The van der Waals surface area contributed by atoms with E-state index in [9.17, 15) is 19.7 Å². The number of likely N-dealkylation sites (tertiary alicyclic amines) is 1. The molecule has 1 aromatic rings. The number of carbonyl (C=O) groups is 2. The zero-order chi connectivity index (χ0) is 17.1. The van der Waals surface area contributed by atoms with Gasteiger partial charge in [0.1, 0.15) is 6.54 Å². The van der Waals surface area contributed by atoms with Crippen molar-refractivity contribution in [2.75, 3.05) is 31.1 Å². The quantitative estimate of drug-likeness (QED) is 0.362. The Kier molecular flexibility index (Phi) is 4.64. The highest BCUT2D eigenvalue weighted by Gasteiger charge is 2.29. The number of esters is 1. The molecule has 1 fully saturated rings. The molecule has 1 saturated heterocycles. The van der Waals surface area contributed by atoms with Crippen LogP contribution in [-0.4, -0.2) is 47.9 Å². The van der Waals surface area contributed by atoms with E-state index < -0.39 is 10.9 Å². The van der Waals surface area contributed by atoms with Gasteiger partial charge in [-0.3, -0.25) is 14.9 Å². The second-order valence-corrected chi connectivity index (χ2v) is 6.03. The third-order valence-corrected chi connectivity index (χ3v) is 4.32. The van der Waals surface area contributed by atoms with Gasteiger partial charge in [0.2, 0.25) is 5.91 Å². The summed E-state index contributed by atoms with van der Waals surface area (Å²) in [7, 11) is 0. The predicted molar refractivity (Wildman–Crippen MR) is 86.0 cm³/mol. The molecule has 0 aromatic heterocycles. The average Bonchev–Trinajstić information content (AvgIpc) is 2.83. The van der Waals surface area contributed by atoms with Crippen LogP contribution in [0.3, 0.4) is 0 Å². The number of rotatable bonds is 3. The fraction of sp³-hybridized carbons (Fsp3) is 0.500. The lowest BCUT2D eigenvalue weighted by Crippen LogP contribution is -2.45. The third-order valence-electron chi connectivity index (χ3n) is 4.32. The Morgan fingerprint density at radius 2 is 1.92 bits per heavy atom. The summed E-state index contributed by atoms with van der Waals surface area (Å²) >= 11 is 0. The molecule has 2 aliphatic rings. The number of nitrogens with zero attached hydrogens (tertiary/aromatic N) is 3. The standard InChI is InChI=1S/C16H19N3O5/c20-15(17-7-3-1-2-4-8-17)10-18-11-16(21)24-14-9-12(19(22)23)5-6-13(14)18/h5-6,9H,1-4,7-8,10-11H2. The number of benzene rings is 1. The molecule has 0 atom stereocenters. The summed E-state index contributed by atoms with van der Waals surface area (Å²) in [5, 5.41) is 10.9. The maximum absolute atomic E-state index is 12.5. The fourth-order valence-corrected chi connectivity index (χ4v) is 3.08. The number of hydrogen-bond donors (Lipinski definition) is 0. The number of nitro groups is 1. The van der Waals surface area contributed by atoms with Crippen LogP contribution in [0, 0.1) is 10.1 Å². The molecular weight excluding hydrogens is 314 g/mol. The smallest absolute Gasteiger partial charge is 0.331 e. The highest BCUT2D eigenvalue weighted by atomic mass is 16.6. The monoisotopic (exact) mass is 333 g/mol. The largest absolute Gasteiger partial charge is 0.423 e. The molecule has 0 saturated carbocycles. The van der Waals surface area contributed by atoms with Crippen molar-refractivity contribution < 1.29 is 19.2 Å². The van der Waals surface area contributed by atoms with Gasteiger partial charge in [0.15, 0.2) is 5.75 Å². The molecule has 8 heteroatoms. The van der Waals surface area contributed by atoms with Crippen LogP contribution in [-0.2, 0) is 9.59 Å². The van der Waals surface area contributed by atoms with Crippen molar-refractivity contribution in [3.63, 3.8) is 0 Å². The zero-order valence-electron chi connectivity index (χ0n) is 13.3. The van der Waals surface area contributed by atoms with Gasteiger partial charge in [-0.25, -0.2) is 4.79 Å². The average molecular weight is 333 g/mol. The molecule has 2 aliphatic heterocycles. The van der Waals surface area contributed by atoms with Gasteiger partial charge in [-0.15, -0.1) is 0 Å². The first kappa shape index (κ1) is 16.2. The number of carbonyl (C=O) groups excluding carboxylic acids is 2. The van der Waals surface area contributed by atoms with E-state index in [-0.39, 0.29) is 30.4 Å². The first-order valence-electron chi connectivity index (χ1n) is 8.06. The van der Waals surface area contributed by atoms with Crippen LogP contribution in [0.1, 0.15) is 25.7 Å². The van der Waals surface area contributed by atoms with Gasteiger partial charge >= 0.3 is 5.97 Å². The molecule has 0 N–H and O–H groups in total. The number of nitro benzene ring substituents is 1. The second-order valence-electron chi connectivity index (χ2n) is 6.03. The predicted octanol–water partition coefficient (Wildman–Crippen LogP) is 1.72. The van der Waals surface area contributed by atoms with E-state index in [0.29, 0.717) is 5.69 Å². The minimum absolute atomic E-state index is 0.0316. The van der Waals surface area contributed by atoms with Crippen molar-refractivity contribution >= 4 is 23.3 Å². The molecular formula is C16H19N3O5. The van der Waals surface area contributed by atoms with Crippen molar-refractivity contribution in [3.05, 3.63) is 28.3 Å². The van der Waals surface area contributed by atoms with Gasteiger partial charge in [0.25, 0.3) is 5.69 Å². The number of ether oxygens (including phenoxy) is 1. The summed E-state index contributed by atoms with van der Waals surface area (Å²) < 4.78 is 5.09. The number of non-ortho nitro benzene ring substituents is 1. The molecule has 0 unspecified atom stereocenters. The minimum atomic E-state index is -0.546. The molecule has 1 aromatic carbocycles. The molecule has 128 valence electrons. The van der Waals surface area contributed by atoms with E-state index in [1.807, 2.05) is 4.90 Å². The third kappa shape index (κ3) is 3.47. The molecule has 24 heavy (non-hydrogen) atoms. The summed E-state index contributed by atoms with van der Waals surface area (Å²) in [5.41, 5.74) is 0.380. The van der Waals surface area contributed by atoms with Crippen molar-refractivity contribution in [1.82, 2.24) is 4.90 Å². The lowest BCUT2D eigenvalue weighted by molar-refractivity contribution is -0.384. The Balaban J connectivity index is 1.78. The SMILES string of the molecule is O=C1CN(CC(=O)N2CCCCCC2)c2ccc([N+](=O)[O-])cc2O1. The van der Waals surface area contributed by atoms with Crippen LogP contribution in [0.15, 0.2) is 18.2 Å². The highest BCUT2D eigenvalue weighted by Crippen LogP contribution is 2.35. The van der Waals surface area contributed by atoms with Gasteiger partial charge in [-0.2, -0.15) is 0 Å². The zero-order valence-corrected chi connectivity index (χ0v) is 13.3. The molecule has 2 heterocycles. The number of hydrogen-bond acceptors (Lipinski definition) is 6. The normalized spacial score (nSPS) is 17.8. The topological polar surface area (TPSA) is 93.0 Å². The van der Waals surface area contributed by atoms with E-state index in [4.69, 9.17) is 4.74 Å². The molecule has 8 nitrogen and oxygen atoms in total. The Morgan fingerprint density at radius 1 is 1.21 bits per heavy atom. The van der Waals surface area contributed by atoms with Gasteiger partial charge in [-0.05, 0) is 18.9 Å². The molecule has 0 spiro atoms. The molecule has 0 aliphatic carbocycles. The van der Waals surface area contributed by atoms with E-state index in [1.165, 1.54) is 18.2 Å². The van der Waals surface area contributed by atoms with E-state index >= 15 is 0 Å². The maximum atomic E-state index is 12.5. The Morgan fingerprint density at radius 3 is 2.58 bits per heavy atom. The van der Waals surface area contributed by atoms with E-state index in [2.05, 4.69) is 0 Å². The summed E-state index contributed by atoms with van der Waals surface area (Å²) in [6, 6.07) is 4.09. The Bertz CT molecular complexity index is 668. The van der Waals surface area contributed by atoms with Crippen LogP contribution >= 0.6 is 0 Å². The Hall–Kier alpha value is -2.64. The van der Waals surface area contributed by atoms with Gasteiger partial charge in [-0.1, -0.05) is 12.8 Å². The summed E-state index contributed by atoms with van der Waals surface area (Å²) in [5.74, 6) is -0.424. The van der Waals surface area contributed by atoms with Crippen LogP contribution < -0.4 is 9.64 Å². The van der Waals surface area contributed by atoms with Crippen molar-refractivity contribution in [1.29, 1.82) is 0 Å². The lowest BCUT2D eigenvalue weighted by atomic mass is 10.2. The van der Waals surface area contributed by atoms with Gasteiger partial charge < -0.3 is 14.5 Å². The van der Waals surface area contributed by atoms with Crippen molar-refractivity contribution in [3.8, 4) is 5.75 Å². The van der Waals surface area contributed by atoms with Crippen LogP contribution in [0.4, 0.5) is 11.4 Å². The van der Waals surface area contributed by atoms with Crippen LogP contribution in [0.2, 0.25) is 0 Å². The van der Waals surface area contributed by atoms with Gasteiger partial charge in [0, 0.05) is 19.2 Å². The molecule has 3 rings (SSSR count). The summed E-state index contributed by atoms with van der Waals surface area (Å²) in [6.07, 6.45) is 4.26. The number of amides is 1. The molecule has 0 bridgehead atoms. The second kappa shape index (κ2) is 6.86. The number of fused-ring (bicyclic) bond motifs is 1. The number of anilines is 1. The minimum Gasteiger partial charge on any atom is -0.423 e. The summed E-state index contributed by atoms with van der Waals surface area (Å²) in [6.45, 7) is 1.51. The first-order valence-corrected chi connectivity index (χ1v) is 8.06. The molecule has 1 amide bonds. The lowest BCUT2D eigenvalue weighted by Gasteiger charge is -2.31. The summed E-state index contributed by atoms with van der Waals surface area (Å²) in [4.78, 5) is 38.1. The van der Waals surface area contributed by atoms with Crippen LogP contribution in [0.5, 0.6) is 5.75 Å². The maximum Gasteiger partial charge on any atom is 0.331 e. The Labute approximate surface area is 139 Å². The van der Waals surface area contributed by atoms with Gasteiger partial charge in [0.05, 0.1) is 23.2 Å². The van der Waals surface area contributed by atoms with Crippen molar-refractivity contribution in [2.45, 2.75) is 25.7 Å². The highest BCUT2D eigenvalue weighted by molar-refractivity contribution is 5.89. The van der Waals surface area contributed by atoms with Crippen molar-refractivity contribution in [2.24, 2.45) is 0 Å². The molecule has 0 radical (unpaired) electrons. The van der Waals surface area contributed by atoms with Crippen LogP contribution in [0.25, 0.3) is 0 Å². The van der Waals surface area contributed by atoms with E-state index in [0.717, 1.165) is 38.8 Å². The first-order chi connectivity index (χ1) is 11.5.